The number of rotatable bonds is 5. The summed E-state index contributed by atoms with van der Waals surface area (Å²) in [4.78, 5) is 2.55. The lowest BCUT2D eigenvalue weighted by Gasteiger charge is -2.32. The van der Waals surface area contributed by atoms with Crippen molar-refractivity contribution in [1.29, 1.82) is 0 Å². The van der Waals surface area contributed by atoms with Gasteiger partial charge < -0.3 is 10.1 Å². The second-order valence-electron chi connectivity index (χ2n) is 6.53. The van der Waals surface area contributed by atoms with E-state index in [4.69, 9.17) is 4.74 Å². The summed E-state index contributed by atoms with van der Waals surface area (Å²) in [6.45, 7) is 3.41. The second kappa shape index (κ2) is 8.76. The van der Waals surface area contributed by atoms with Gasteiger partial charge in [-0.05, 0) is 69.8 Å². The van der Waals surface area contributed by atoms with Crippen LogP contribution < -0.4 is 10.1 Å². The van der Waals surface area contributed by atoms with E-state index in [2.05, 4.69) is 41.5 Å². The molecular weight excluding hydrogens is 296 g/mol. The van der Waals surface area contributed by atoms with Gasteiger partial charge in [-0.15, -0.1) is 12.4 Å². The number of nitrogens with one attached hydrogen (secondary N) is 1. The Bertz CT molecular complexity index is 448. The van der Waals surface area contributed by atoms with Crippen molar-refractivity contribution in [2.24, 2.45) is 0 Å². The molecule has 1 saturated heterocycles. The van der Waals surface area contributed by atoms with Crippen molar-refractivity contribution >= 4 is 12.4 Å². The van der Waals surface area contributed by atoms with Crippen molar-refractivity contribution in [3.63, 3.8) is 0 Å². The number of hydrogen-bond acceptors (Lipinski definition) is 3. The maximum atomic E-state index is 6.12. The summed E-state index contributed by atoms with van der Waals surface area (Å²) in [6, 6.07) is 9.36. The Labute approximate surface area is 140 Å². The molecule has 1 aliphatic carbocycles. The van der Waals surface area contributed by atoms with Crippen LogP contribution in [0.2, 0.25) is 0 Å². The molecule has 0 spiro atoms. The van der Waals surface area contributed by atoms with Crippen LogP contribution in [0, 0.1) is 0 Å². The third-order valence-corrected chi connectivity index (χ3v) is 4.82. The van der Waals surface area contributed by atoms with Crippen molar-refractivity contribution in [2.75, 3.05) is 20.1 Å². The first-order valence-electron chi connectivity index (χ1n) is 8.49. The first kappa shape index (κ1) is 17.6. The smallest absolute Gasteiger partial charge is 0.120 e. The van der Waals surface area contributed by atoms with E-state index in [0.29, 0.717) is 12.1 Å². The molecule has 0 aromatic heterocycles. The highest BCUT2D eigenvalue weighted by Gasteiger charge is 2.19. The topological polar surface area (TPSA) is 24.5 Å². The Morgan fingerprint density at radius 3 is 2.77 bits per heavy atom. The van der Waals surface area contributed by atoms with Crippen LogP contribution in [0.4, 0.5) is 0 Å². The highest BCUT2D eigenvalue weighted by Crippen LogP contribution is 2.25. The first-order chi connectivity index (χ1) is 10.3. The lowest BCUT2D eigenvalue weighted by molar-refractivity contribution is 0.186. The summed E-state index contributed by atoms with van der Waals surface area (Å²) in [5, 5.41) is 3.41. The summed E-state index contributed by atoms with van der Waals surface area (Å²) in [5.41, 5.74) is 1.38. The average Bonchev–Trinajstić information content (AvgIpc) is 3.01. The largest absolute Gasteiger partial charge is 0.490 e. The van der Waals surface area contributed by atoms with E-state index < -0.39 is 0 Å². The number of likely N-dealkylation sites (tertiary alicyclic amines) is 1. The number of likely N-dealkylation sites (N-methyl/N-ethyl adjacent to an activating group) is 1. The van der Waals surface area contributed by atoms with E-state index in [1.807, 2.05) is 0 Å². The molecule has 0 bridgehead atoms. The molecule has 1 heterocycles. The maximum Gasteiger partial charge on any atom is 0.120 e. The molecule has 0 amide bonds. The zero-order chi connectivity index (χ0) is 14.5. The molecule has 1 atom stereocenters. The number of ether oxygens (including phenoxy) is 1. The number of benzene rings is 1. The van der Waals surface area contributed by atoms with Gasteiger partial charge in [0, 0.05) is 19.1 Å². The quantitative estimate of drug-likeness (QED) is 0.895. The summed E-state index contributed by atoms with van der Waals surface area (Å²) in [6.07, 6.45) is 8.14. The maximum absolute atomic E-state index is 6.12. The fraction of sp³-hybridized carbons (Fsp3) is 0.667. The number of hydrogen-bond donors (Lipinski definition) is 1. The van der Waals surface area contributed by atoms with Gasteiger partial charge in [-0.1, -0.05) is 12.1 Å². The molecule has 1 aromatic rings. The minimum absolute atomic E-state index is 0. The fourth-order valence-electron chi connectivity index (χ4n) is 3.61. The molecule has 0 radical (unpaired) electrons. The third kappa shape index (κ3) is 4.87. The van der Waals surface area contributed by atoms with Crippen molar-refractivity contribution in [2.45, 2.75) is 57.2 Å². The summed E-state index contributed by atoms with van der Waals surface area (Å²) in [7, 11) is 2.07. The van der Waals surface area contributed by atoms with E-state index in [0.717, 1.165) is 18.8 Å². The van der Waals surface area contributed by atoms with E-state index in [-0.39, 0.29) is 12.4 Å². The molecule has 2 fully saturated rings. The van der Waals surface area contributed by atoms with Crippen LogP contribution in [0.5, 0.6) is 5.75 Å². The molecule has 22 heavy (non-hydrogen) atoms. The zero-order valence-corrected chi connectivity index (χ0v) is 14.4. The van der Waals surface area contributed by atoms with Crippen LogP contribution in [-0.4, -0.2) is 37.2 Å². The minimum Gasteiger partial charge on any atom is -0.490 e. The summed E-state index contributed by atoms with van der Waals surface area (Å²) in [5.74, 6) is 1.06. The molecule has 3 rings (SSSR count). The minimum atomic E-state index is 0. The lowest BCUT2D eigenvalue weighted by atomic mass is 10.0. The standard InChI is InChI=1S/C18H28N2O.ClH/c1-19-16-7-5-11-20(14-16)13-15-6-4-10-18(12-15)21-17-8-2-3-9-17;/h4,6,10,12,16-17,19H,2-3,5,7-9,11,13-14H2,1H3;1H. The van der Waals surface area contributed by atoms with Crippen molar-refractivity contribution in [3.8, 4) is 5.75 Å². The normalized spacial score (nSPS) is 23.2. The molecule has 3 nitrogen and oxygen atoms in total. The van der Waals surface area contributed by atoms with Gasteiger partial charge in [0.05, 0.1) is 6.10 Å². The monoisotopic (exact) mass is 324 g/mol. The van der Waals surface area contributed by atoms with Crippen LogP contribution in [-0.2, 0) is 6.54 Å². The van der Waals surface area contributed by atoms with Gasteiger partial charge >= 0.3 is 0 Å². The number of piperidine rings is 1. The lowest BCUT2D eigenvalue weighted by Crippen LogP contribution is -2.43. The molecule has 1 saturated carbocycles. The fourth-order valence-corrected chi connectivity index (χ4v) is 3.61. The molecule has 1 aliphatic heterocycles. The molecule has 124 valence electrons. The summed E-state index contributed by atoms with van der Waals surface area (Å²) < 4.78 is 6.12. The SMILES string of the molecule is CNC1CCCN(Cc2cccc(OC3CCCC3)c2)C1.Cl. The molecule has 1 unspecified atom stereocenters. The van der Waals surface area contributed by atoms with E-state index in [9.17, 15) is 0 Å². The van der Waals surface area contributed by atoms with E-state index in [1.165, 1.54) is 50.6 Å². The summed E-state index contributed by atoms with van der Waals surface area (Å²) >= 11 is 0. The van der Waals surface area contributed by atoms with Gasteiger partial charge in [0.2, 0.25) is 0 Å². The number of halogens is 1. The Morgan fingerprint density at radius 1 is 1.18 bits per heavy atom. The molecular formula is C18H29ClN2O. The second-order valence-corrected chi connectivity index (χ2v) is 6.53. The van der Waals surface area contributed by atoms with Gasteiger partial charge in [0.25, 0.3) is 0 Å². The van der Waals surface area contributed by atoms with Gasteiger partial charge in [-0.3, -0.25) is 4.90 Å². The Kier molecular flexibility index (Phi) is 7.00. The van der Waals surface area contributed by atoms with Crippen LogP contribution in [0.25, 0.3) is 0 Å². The molecule has 1 N–H and O–H groups in total. The van der Waals surface area contributed by atoms with Crippen molar-refractivity contribution in [1.82, 2.24) is 10.2 Å². The molecule has 1 aromatic carbocycles. The highest BCUT2D eigenvalue weighted by molar-refractivity contribution is 5.85. The highest BCUT2D eigenvalue weighted by atomic mass is 35.5. The van der Waals surface area contributed by atoms with Crippen LogP contribution in [0.3, 0.4) is 0 Å². The van der Waals surface area contributed by atoms with Crippen LogP contribution in [0.1, 0.15) is 44.1 Å². The predicted molar refractivity (Wildman–Crippen MR) is 93.9 cm³/mol. The Balaban J connectivity index is 0.00000176. The van der Waals surface area contributed by atoms with Gasteiger partial charge in [-0.2, -0.15) is 0 Å². The van der Waals surface area contributed by atoms with Crippen LogP contribution >= 0.6 is 12.4 Å². The average molecular weight is 325 g/mol. The van der Waals surface area contributed by atoms with Crippen LogP contribution in [0.15, 0.2) is 24.3 Å². The Morgan fingerprint density at radius 2 is 2.00 bits per heavy atom. The van der Waals surface area contributed by atoms with Gasteiger partial charge in [0.1, 0.15) is 5.75 Å². The van der Waals surface area contributed by atoms with E-state index in [1.54, 1.807) is 0 Å². The molecule has 2 aliphatic rings. The molecule has 4 heteroatoms. The van der Waals surface area contributed by atoms with E-state index >= 15 is 0 Å². The van der Waals surface area contributed by atoms with Crippen molar-refractivity contribution in [3.05, 3.63) is 29.8 Å². The van der Waals surface area contributed by atoms with Gasteiger partial charge in [-0.25, -0.2) is 0 Å². The predicted octanol–water partition coefficient (Wildman–Crippen LogP) is 3.61. The number of nitrogens with zero attached hydrogens (tertiary/aromatic N) is 1. The van der Waals surface area contributed by atoms with Crippen molar-refractivity contribution < 1.29 is 4.74 Å². The zero-order valence-electron chi connectivity index (χ0n) is 13.6. The Hall–Kier alpha value is -0.770. The van der Waals surface area contributed by atoms with Gasteiger partial charge in [0.15, 0.2) is 0 Å². The third-order valence-electron chi connectivity index (χ3n) is 4.82. The first-order valence-corrected chi connectivity index (χ1v) is 8.49.